The Morgan fingerprint density at radius 2 is 2.31 bits per heavy atom. The molecule has 16 heavy (non-hydrogen) atoms. The lowest BCUT2D eigenvalue weighted by Gasteiger charge is -2.11. The molecule has 0 saturated heterocycles. The van der Waals surface area contributed by atoms with E-state index in [-0.39, 0.29) is 0 Å². The molecule has 0 bridgehead atoms. The molecule has 1 fully saturated rings. The Labute approximate surface area is 111 Å². The molecule has 1 N–H and O–H groups in total. The lowest BCUT2D eigenvalue weighted by molar-refractivity contribution is 0.543. The maximum absolute atomic E-state index is 3.55. The summed E-state index contributed by atoms with van der Waals surface area (Å²) in [7, 11) is 0. The maximum Gasteiger partial charge on any atom is 0.0186 e. The molecule has 0 radical (unpaired) electrons. The third kappa shape index (κ3) is 3.51. The third-order valence-corrected chi connectivity index (χ3v) is 4.76. The molecule has 0 heterocycles. The van der Waals surface area contributed by atoms with Gasteiger partial charge in [0.05, 0.1) is 0 Å². The first-order valence-corrected chi connectivity index (χ1v) is 7.61. The fourth-order valence-corrected chi connectivity index (χ4v) is 4.12. The topological polar surface area (TPSA) is 12.0 Å². The molecule has 3 heteroatoms. The van der Waals surface area contributed by atoms with E-state index in [0.717, 1.165) is 17.8 Å². The molecule has 2 atom stereocenters. The summed E-state index contributed by atoms with van der Waals surface area (Å²) >= 11 is 5.55. The van der Waals surface area contributed by atoms with Crippen molar-refractivity contribution in [1.29, 1.82) is 0 Å². The second-order valence-corrected chi connectivity index (χ2v) is 6.55. The molecule has 88 valence electrons. The van der Waals surface area contributed by atoms with E-state index in [1.807, 2.05) is 11.8 Å². The first kappa shape index (κ1) is 12.5. The van der Waals surface area contributed by atoms with Crippen molar-refractivity contribution >= 4 is 27.7 Å². The zero-order valence-electron chi connectivity index (χ0n) is 9.58. The molecule has 0 aromatic heterocycles. The lowest BCUT2D eigenvalue weighted by atomic mass is 10.2. The predicted molar refractivity (Wildman–Crippen MR) is 75.1 cm³/mol. The van der Waals surface area contributed by atoms with Gasteiger partial charge in [-0.05, 0) is 44.0 Å². The summed E-state index contributed by atoms with van der Waals surface area (Å²) < 4.78 is 1.18. The first-order valence-electron chi connectivity index (χ1n) is 5.93. The largest absolute Gasteiger partial charge is 0.314 e. The highest BCUT2D eigenvalue weighted by Gasteiger charge is 2.24. The number of nitrogens with one attached hydrogen (secondary N) is 1. The van der Waals surface area contributed by atoms with E-state index in [4.69, 9.17) is 0 Å². The number of hydrogen-bond acceptors (Lipinski definition) is 2. The van der Waals surface area contributed by atoms with Crippen molar-refractivity contribution in [3.8, 4) is 0 Å². The summed E-state index contributed by atoms with van der Waals surface area (Å²) in [4.78, 5) is 1.39. The van der Waals surface area contributed by atoms with Crippen LogP contribution in [0.2, 0.25) is 0 Å². The smallest absolute Gasteiger partial charge is 0.0186 e. The molecular formula is C13H18BrNS. The summed E-state index contributed by atoms with van der Waals surface area (Å²) in [5.41, 5.74) is 0. The van der Waals surface area contributed by atoms with Gasteiger partial charge >= 0.3 is 0 Å². The van der Waals surface area contributed by atoms with Crippen molar-refractivity contribution in [3.05, 3.63) is 28.7 Å². The molecular weight excluding hydrogens is 282 g/mol. The van der Waals surface area contributed by atoms with Crippen LogP contribution in [0, 0.1) is 0 Å². The fourth-order valence-electron chi connectivity index (χ4n) is 2.25. The number of benzene rings is 1. The monoisotopic (exact) mass is 299 g/mol. The minimum absolute atomic E-state index is 0.745. The van der Waals surface area contributed by atoms with E-state index < -0.39 is 0 Å². The standard InChI is InChI=1S/C13H18BrNS/c1-2-15-11-6-7-13(9-11)16-12-5-3-4-10(14)8-12/h3-5,8,11,13,15H,2,6-7,9H2,1H3. The summed E-state index contributed by atoms with van der Waals surface area (Å²) in [6.45, 7) is 3.29. The van der Waals surface area contributed by atoms with Crippen molar-refractivity contribution in [2.45, 2.75) is 42.4 Å². The Hall–Kier alpha value is 0.01000. The zero-order valence-corrected chi connectivity index (χ0v) is 12.0. The van der Waals surface area contributed by atoms with Gasteiger partial charge in [-0.1, -0.05) is 28.9 Å². The fraction of sp³-hybridized carbons (Fsp3) is 0.538. The Bertz CT molecular complexity index is 342. The predicted octanol–water partition coefficient (Wildman–Crippen LogP) is 4.07. The number of halogens is 1. The van der Waals surface area contributed by atoms with Crippen LogP contribution in [0.25, 0.3) is 0 Å². The third-order valence-electron chi connectivity index (χ3n) is 2.98. The van der Waals surface area contributed by atoms with Gasteiger partial charge in [0.1, 0.15) is 0 Å². The van der Waals surface area contributed by atoms with Gasteiger partial charge in [0.15, 0.2) is 0 Å². The van der Waals surface area contributed by atoms with Gasteiger partial charge in [0, 0.05) is 20.7 Å². The van der Waals surface area contributed by atoms with Crippen molar-refractivity contribution in [2.24, 2.45) is 0 Å². The van der Waals surface area contributed by atoms with Crippen LogP contribution in [-0.2, 0) is 0 Å². The Balaban J connectivity index is 1.87. The molecule has 2 rings (SSSR count). The van der Waals surface area contributed by atoms with Gasteiger partial charge in [-0.15, -0.1) is 11.8 Å². The van der Waals surface area contributed by atoms with Crippen LogP contribution in [0.1, 0.15) is 26.2 Å². The average molecular weight is 300 g/mol. The average Bonchev–Trinajstić information content (AvgIpc) is 2.66. The molecule has 1 aromatic rings. The van der Waals surface area contributed by atoms with Crippen molar-refractivity contribution < 1.29 is 0 Å². The van der Waals surface area contributed by atoms with Crippen LogP contribution in [0.5, 0.6) is 0 Å². The van der Waals surface area contributed by atoms with E-state index in [1.165, 1.54) is 28.6 Å². The SMILES string of the molecule is CCNC1CCC(Sc2cccc(Br)c2)C1. The van der Waals surface area contributed by atoms with E-state index in [1.54, 1.807) is 0 Å². The molecule has 0 aliphatic heterocycles. The first-order chi connectivity index (χ1) is 7.78. The van der Waals surface area contributed by atoms with Gasteiger partial charge in [-0.2, -0.15) is 0 Å². The quantitative estimate of drug-likeness (QED) is 0.899. The normalized spacial score (nSPS) is 24.9. The molecule has 0 spiro atoms. The zero-order chi connectivity index (χ0) is 11.4. The van der Waals surface area contributed by atoms with E-state index >= 15 is 0 Å². The number of thioether (sulfide) groups is 1. The highest BCUT2D eigenvalue weighted by Crippen LogP contribution is 2.35. The van der Waals surface area contributed by atoms with Gasteiger partial charge in [-0.3, -0.25) is 0 Å². The molecule has 1 aliphatic carbocycles. The van der Waals surface area contributed by atoms with Crippen molar-refractivity contribution in [3.63, 3.8) is 0 Å². The van der Waals surface area contributed by atoms with Gasteiger partial charge in [-0.25, -0.2) is 0 Å². The molecule has 1 aliphatic rings. The second kappa shape index (κ2) is 6.08. The summed E-state index contributed by atoms with van der Waals surface area (Å²) in [6, 6.07) is 9.36. The van der Waals surface area contributed by atoms with Crippen molar-refractivity contribution in [1.82, 2.24) is 5.32 Å². The summed E-state index contributed by atoms with van der Waals surface area (Å²) in [6.07, 6.45) is 3.99. The molecule has 1 nitrogen and oxygen atoms in total. The summed E-state index contributed by atoms with van der Waals surface area (Å²) in [5, 5.41) is 4.34. The number of hydrogen-bond donors (Lipinski definition) is 1. The Morgan fingerprint density at radius 3 is 3.06 bits per heavy atom. The minimum Gasteiger partial charge on any atom is -0.314 e. The second-order valence-electron chi connectivity index (χ2n) is 4.26. The number of rotatable bonds is 4. The molecule has 2 unspecified atom stereocenters. The van der Waals surface area contributed by atoms with Gasteiger partial charge in [0.25, 0.3) is 0 Å². The van der Waals surface area contributed by atoms with Gasteiger partial charge in [0.2, 0.25) is 0 Å². The van der Waals surface area contributed by atoms with Crippen LogP contribution in [0.15, 0.2) is 33.6 Å². The van der Waals surface area contributed by atoms with Gasteiger partial charge < -0.3 is 5.32 Å². The lowest BCUT2D eigenvalue weighted by Crippen LogP contribution is -2.26. The minimum atomic E-state index is 0.745. The van der Waals surface area contributed by atoms with Crippen molar-refractivity contribution in [2.75, 3.05) is 6.54 Å². The van der Waals surface area contributed by atoms with Crippen LogP contribution in [0.3, 0.4) is 0 Å². The highest BCUT2D eigenvalue weighted by atomic mass is 79.9. The van der Waals surface area contributed by atoms with E-state index in [2.05, 4.69) is 52.4 Å². The highest BCUT2D eigenvalue weighted by molar-refractivity contribution is 9.10. The van der Waals surface area contributed by atoms with E-state index in [9.17, 15) is 0 Å². The maximum atomic E-state index is 3.55. The molecule has 0 amide bonds. The van der Waals surface area contributed by atoms with Crippen LogP contribution in [-0.4, -0.2) is 17.8 Å². The van der Waals surface area contributed by atoms with Crippen LogP contribution in [0.4, 0.5) is 0 Å². The van der Waals surface area contributed by atoms with E-state index in [0.29, 0.717) is 0 Å². The van der Waals surface area contributed by atoms with Crippen LogP contribution >= 0.6 is 27.7 Å². The summed E-state index contributed by atoms with van der Waals surface area (Å²) in [5.74, 6) is 0. The molecule has 1 aromatic carbocycles. The molecule has 1 saturated carbocycles. The Morgan fingerprint density at radius 1 is 1.44 bits per heavy atom. The van der Waals surface area contributed by atoms with Crippen LogP contribution < -0.4 is 5.32 Å². The Kier molecular flexibility index (Phi) is 4.74.